The molecule has 11 heteroatoms. The zero-order valence-corrected chi connectivity index (χ0v) is 22.8. The van der Waals surface area contributed by atoms with E-state index in [9.17, 15) is 18.7 Å². The first-order valence-electron chi connectivity index (χ1n) is 12.2. The Balaban J connectivity index is 1.69. The summed E-state index contributed by atoms with van der Waals surface area (Å²) in [5, 5.41) is 15.2. The molecule has 2 heterocycles. The van der Waals surface area contributed by atoms with Crippen molar-refractivity contribution in [3.8, 4) is 11.4 Å². The lowest BCUT2D eigenvalue weighted by Gasteiger charge is -2.29. The van der Waals surface area contributed by atoms with Crippen molar-refractivity contribution in [2.75, 3.05) is 20.3 Å². The number of halogens is 3. The topological polar surface area (TPSA) is 89.7 Å². The van der Waals surface area contributed by atoms with Gasteiger partial charge in [-0.05, 0) is 50.6 Å². The van der Waals surface area contributed by atoms with Crippen molar-refractivity contribution in [3.05, 3.63) is 82.3 Å². The maximum atomic E-state index is 14.4. The molecular weight excluding hydrogens is 530 g/mol. The highest BCUT2D eigenvalue weighted by Crippen LogP contribution is 2.31. The summed E-state index contributed by atoms with van der Waals surface area (Å²) in [6.45, 7) is 4.91. The van der Waals surface area contributed by atoms with Crippen LogP contribution >= 0.6 is 11.6 Å². The second kappa shape index (κ2) is 11.6. The van der Waals surface area contributed by atoms with Crippen molar-refractivity contribution in [2.24, 2.45) is 0 Å². The number of para-hydroxylation sites is 1. The van der Waals surface area contributed by atoms with Gasteiger partial charge in [-0.25, -0.2) is 18.4 Å². The Morgan fingerprint density at radius 1 is 1.21 bits per heavy atom. The molecule has 2 aromatic carbocycles. The first-order valence-corrected chi connectivity index (χ1v) is 12.6. The van der Waals surface area contributed by atoms with E-state index in [4.69, 9.17) is 21.1 Å². The summed E-state index contributed by atoms with van der Waals surface area (Å²) < 4.78 is 40.8. The number of carbonyl (C=O) groups excluding carboxylic acids is 1. The molecule has 1 amide bonds. The highest BCUT2D eigenvalue weighted by molar-refractivity contribution is 6.31. The van der Waals surface area contributed by atoms with Crippen LogP contribution in [0.4, 0.5) is 8.78 Å². The molecule has 0 aliphatic rings. The molecular formula is C28H29ClF2N4O4. The van der Waals surface area contributed by atoms with Gasteiger partial charge in [-0.15, -0.1) is 0 Å². The Hall–Kier alpha value is -3.60. The summed E-state index contributed by atoms with van der Waals surface area (Å²) in [5.74, 6) is -1.14. The van der Waals surface area contributed by atoms with E-state index in [0.717, 1.165) is 6.20 Å². The minimum absolute atomic E-state index is 0.0235. The van der Waals surface area contributed by atoms with Gasteiger partial charge in [0.05, 0.1) is 29.7 Å². The number of carbonyl (C=O) groups is 1. The number of methoxy groups -OCH3 is 1. The van der Waals surface area contributed by atoms with Gasteiger partial charge in [0.25, 0.3) is 5.91 Å². The van der Waals surface area contributed by atoms with Gasteiger partial charge >= 0.3 is 0 Å². The summed E-state index contributed by atoms with van der Waals surface area (Å²) >= 11 is 6.45. The zero-order valence-electron chi connectivity index (χ0n) is 22.0. The monoisotopic (exact) mass is 558 g/mol. The molecule has 4 rings (SSSR count). The van der Waals surface area contributed by atoms with Crippen molar-refractivity contribution < 1.29 is 28.2 Å². The Kier molecular flexibility index (Phi) is 8.48. The molecule has 4 aromatic rings. The molecule has 39 heavy (non-hydrogen) atoms. The molecule has 0 bridgehead atoms. The Morgan fingerprint density at radius 3 is 2.64 bits per heavy atom. The Labute approximate surface area is 229 Å². The third-order valence-electron chi connectivity index (χ3n) is 6.07. The molecule has 0 aliphatic heterocycles. The van der Waals surface area contributed by atoms with Crippen molar-refractivity contribution >= 4 is 28.4 Å². The lowest BCUT2D eigenvalue weighted by Crippen LogP contribution is -2.46. The molecule has 0 unspecified atom stereocenters. The van der Waals surface area contributed by atoms with Crippen LogP contribution in [-0.4, -0.2) is 56.5 Å². The van der Waals surface area contributed by atoms with Gasteiger partial charge in [0, 0.05) is 36.8 Å². The van der Waals surface area contributed by atoms with E-state index in [1.807, 2.05) is 13.0 Å². The molecule has 0 spiro atoms. The average Bonchev–Trinajstić information content (AvgIpc) is 3.30. The van der Waals surface area contributed by atoms with E-state index in [-0.39, 0.29) is 31.3 Å². The average molecular weight is 559 g/mol. The number of aliphatic hydroxyl groups is 1. The van der Waals surface area contributed by atoms with Crippen molar-refractivity contribution in [1.82, 2.24) is 19.7 Å². The predicted octanol–water partition coefficient (Wildman–Crippen LogP) is 4.99. The summed E-state index contributed by atoms with van der Waals surface area (Å²) in [7, 11) is 1.50. The first-order chi connectivity index (χ1) is 18.5. The third-order valence-corrected chi connectivity index (χ3v) is 6.41. The number of benzene rings is 2. The second-order valence-corrected chi connectivity index (χ2v) is 10.0. The molecule has 0 radical (unpaired) electrons. The zero-order chi connectivity index (χ0) is 28.3. The Morgan fingerprint density at radius 2 is 1.97 bits per heavy atom. The van der Waals surface area contributed by atoms with E-state index in [2.05, 4.69) is 10.1 Å². The fraction of sp³-hybridized carbons (Fsp3) is 0.321. The van der Waals surface area contributed by atoms with E-state index >= 15 is 0 Å². The molecule has 0 saturated carbocycles. The number of rotatable bonds is 10. The van der Waals surface area contributed by atoms with Crippen LogP contribution in [0.3, 0.4) is 0 Å². The van der Waals surface area contributed by atoms with Crippen molar-refractivity contribution in [3.63, 3.8) is 0 Å². The van der Waals surface area contributed by atoms with Crippen LogP contribution < -0.4 is 4.74 Å². The van der Waals surface area contributed by atoms with Crippen LogP contribution in [0.25, 0.3) is 16.6 Å². The fourth-order valence-corrected chi connectivity index (χ4v) is 4.50. The number of amides is 1. The first kappa shape index (κ1) is 28.4. The van der Waals surface area contributed by atoms with E-state index in [0.29, 0.717) is 39.2 Å². The highest BCUT2D eigenvalue weighted by atomic mass is 35.5. The van der Waals surface area contributed by atoms with Crippen LogP contribution in [0.1, 0.15) is 30.7 Å². The second-order valence-electron chi connectivity index (χ2n) is 9.63. The standard InChI is InChI=1S/C28H29ClF2N4O4/c1-17-10-24(35-15-20(31)13-32-35)21-6-5-7-25(26(21)33-17)39-16-22-18(11-19(30)12-23(22)29)14-34(8-9-38-4)27(36)28(2,3)37/h5-7,10-13,15,37H,8-9,14,16H2,1-4H3. The number of aromatic nitrogens is 3. The quantitative estimate of drug-likeness (QED) is 0.295. The summed E-state index contributed by atoms with van der Waals surface area (Å²) in [4.78, 5) is 18.9. The minimum Gasteiger partial charge on any atom is -0.487 e. The molecule has 1 N–H and O–H groups in total. The van der Waals surface area contributed by atoms with Gasteiger partial charge in [0.1, 0.15) is 29.3 Å². The number of pyridine rings is 1. The van der Waals surface area contributed by atoms with Crippen LogP contribution in [0.5, 0.6) is 5.75 Å². The molecule has 0 atom stereocenters. The molecule has 206 valence electrons. The summed E-state index contributed by atoms with van der Waals surface area (Å²) in [6, 6.07) is 9.61. The van der Waals surface area contributed by atoms with Gasteiger partial charge in [0.2, 0.25) is 0 Å². The molecule has 0 fully saturated rings. The predicted molar refractivity (Wildman–Crippen MR) is 143 cm³/mol. The van der Waals surface area contributed by atoms with Gasteiger partial charge in [-0.1, -0.05) is 23.7 Å². The van der Waals surface area contributed by atoms with Crippen LogP contribution in [0, 0.1) is 18.6 Å². The Bertz CT molecular complexity index is 1500. The van der Waals surface area contributed by atoms with Crippen molar-refractivity contribution in [2.45, 2.75) is 39.5 Å². The molecule has 0 aliphatic carbocycles. The lowest BCUT2D eigenvalue weighted by atomic mass is 10.0. The van der Waals surface area contributed by atoms with E-state index in [1.54, 1.807) is 18.2 Å². The number of ether oxygens (including phenoxy) is 2. The summed E-state index contributed by atoms with van der Waals surface area (Å²) in [6.07, 6.45) is 2.40. The lowest BCUT2D eigenvalue weighted by molar-refractivity contribution is -0.149. The number of fused-ring (bicyclic) bond motifs is 1. The van der Waals surface area contributed by atoms with Gasteiger partial charge in [-0.3, -0.25) is 4.79 Å². The van der Waals surface area contributed by atoms with Crippen LogP contribution in [0.2, 0.25) is 5.02 Å². The normalized spacial score (nSPS) is 11.7. The number of aryl methyl sites for hydroxylation is 1. The van der Waals surface area contributed by atoms with Crippen LogP contribution in [0.15, 0.2) is 48.8 Å². The number of nitrogens with zero attached hydrogens (tertiary/aromatic N) is 4. The molecule has 8 nitrogen and oxygen atoms in total. The van der Waals surface area contributed by atoms with Gasteiger partial charge in [0.15, 0.2) is 5.82 Å². The van der Waals surface area contributed by atoms with Crippen LogP contribution in [-0.2, 0) is 22.7 Å². The van der Waals surface area contributed by atoms with E-state index < -0.39 is 23.1 Å². The minimum atomic E-state index is -1.64. The highest BCUT2D eigenvalue weighted by Gasteiger charge is 2.30. The third kappa shape index (κ3) is 6.52. The van der Waals surface area contributed by atoms with Gasteiger partial charge in [-0.2, -0.15) is 5.10 Å². The maximum Gasteiger partial charge on any atom is 0.254 e. The number of hydrogen-bond donors (Lipinski definition) is 1. The molecule has 0 saturated heterocycles. The smallest absolute Gasteiger partial charge is 0.254 e. The fourth-order valence-electron chi connectivity index (χ4n) is 4.22. The van der Waals surface area contributed by atoms with Gasteiger partial charge < -0.3 is 19.5 Å². The number of hydrogen-bond acceptors (Lipinski definition) is 6. The maximum absolute atomic E-state index is 14.4. The SMILES string of the molecule is COCCN(Cc1cc(F)cc(Cl)c1COc1cccc2c(-n3cc(F)cn3)cc(C)nc12)C(=O)C(C)(C)O. The van der Waals surface area contributed by atoms with E-state index in [1.165, 1.54) is 48.9 Å². The molecule has 2 aromatic heterocycles. The largest absolute Gasteiger partial charge is 0.487 e. The summed E-state index contributed by atoms with van der Waals surface area (Å²) in [5.41, 5.74) is 1.09. The van der Waals surface area contributed by atoms with Crippen molar-refractivity contribution in [1.29, 1.82) is 0 Å².